The van der Waals surface area contributed by atoms with Gasteiger partial charge in [0.2, 0.25) is 5.91 Å². The molecule has 0 radical (unpaired) electrons. The number of carboxylic acids is 1. The third kappa shape index (κ3) is 5.14. The van der Waals surface area contributed by atoms with E-state index in [1.54, 1.807) is 19.9 Å². The fourth-order valence-electron chi connectivity index (χ4n) is 2.12. The highest BCUT2D eigenvalue weighted by atomic mass is 32.2. The van der Waals surface area contributed by atoms with E-state index >= 15 is 0 Å². The number of amides is 1. The van der Waals surface area contributed by atoms with Crippen LogP contribution in [0.4, 0.5) is 5.69 Å². The number of nitrogens with zero attached hydrogens (tertiary/aromatic N) is 1. The number of carbonyl (C=O) groups excluding carboxylic acids is 1. The van der Waals surface area contributed by atoms with Crippen molar-refractivity contribution in [3.8, 4) is 0 Å². The van der Waals surface area contributed by atoms with Crippen LogP contribution in [-0.4, -0.2) is 27.9 Å². The zero-order valence-electron chi connectivity index (χ0n) is 13.0. The van der Waals surface area contributed by atoms with Crippen molar-refractivity contribution >= 4 is 29.3 Å². The lowest BCUT2D eigenvalue weighted by Gasteiger charge is -2.07. The van der Waals surface area contributed by atoms with Gasteiger partial charge in [0.25, 0.3) is 0 Å². The first kappa shape index (κ1) is 17.1. The Morgan fingerprint density at radius 2 is 2.13 bits per heavy atom. The largest absolute Gasteiger partial charge is 0.481 e. The molecule has 0 atom stereocenters. The van der Waals surface area contributed by atoms with E-state index in [2.05, 4.69) is 10.5 Å². The molecule has 0 saturated heterocycles. The first-order chi connectivity index (χ1) is 11.0. The lowest BCUT2D eigenvalue weighted by Crippen LogP contribution is -2.15. The first-order valence-electron chi connectivity index (χ1n) is 7.06. The summed E-state index contributed by atoms with van der Waals surface area (Å²) < 4.78 is 5.05. The van der Waals surface area contributed by atoms with Crippen molar-refractivity contribution in [2.24, 2.45) is 0 Å². The Hall–Kier alpha value is -2.28. The van der Waals surface area contributed by atoms with Crippen LogP contribution in [0.2, 0.25) is 0 Å². The van der Waals surface area contributed by atoms with Crippen molar-refractivity contribution in [3.05, 3.63) is 46.8 Å². The van der Waals surface area contributed by atoms with Crippen LogP contribution in [-0.2, 0) is 21.8 Å². The smallest absolute Gasteiger partial charge is 0.313 e. The number of carbonyl (C=O) groups is 2. The van der Waals surface area contributed by atoms with Gasteiger partial charge in [-0.15, -0.1) is 11.8 Å². The van der Waals surface area contributed by atoms with Gasteiger partial charge in [0.15, 0.2) is 0 Å². The Morgan fingerprint density at radius 3 is 2.78 bits per heavy atom. The summed E-state index contributed by atoms with van der Waals surface area (Å²) in [4.78, 5) is 22.7. The average Bonchev–Trinajstić information content (AvgIpc) is 2.79. The van der Waals surface area contributed by atoms with Crippen LogP contribution < -0.4 is 5.32 Å². The maximum atomic E-state index is 12.1. The number of rotatable bonds is 7. The molecule has 122 valence electrons. The van der Waals surface area contributed by atoms with Gasteiger partial charge in [-0.3, -0.25) is 9.59 Å². The lowest BCUT2D eigenvalue weighted by molar-refractivity contribution is -0.133. The molecule has 0 spiro atoms. The number of aromatic nitrogens is 1. The zero-order chi connectivity index (χ0) is 16.8. The zero-order valence-corrected chi connectivity index (χ0v) is 13.8. The third-order valence-corrected chi connectivity index (χ3v) is 4.21. The number of hydrogen-bond acceptors (Lipinski definition) is 5. The monoisotopic (exact) mass is 334 g/mol. The molecule has 1 aromatic heterocycles. The number of nitrogens with one attached hydrogen (secondary N) is 1. The fraction of sp³-hybridized carbons (Fsp3) is 0.312. The number of hydrogen-bond donors (Lipinski definition) is 2. The number of carboxylic acid groups (broad SMARTS) is 1. The second-order valence-corrected chi connectivity index (χ2v) is 6.10. The van der Waals surface area contributed by atoms with E-state index in [1.165, 1.54) is 11.8 Å². The quantitative estimate of drug-likeness (QED) is 0.809. The van der Waals surface area contributed by atoms with Crippen molar-refractivity contribution in [1.82, 2.24) is 5.16 Å². The van der Waals surface area contributed by atoms with Gasteiger partial charge in [-0.2, -0.15) is 0 Å². The van der Waals surface area contributed by atoms with Gasteiger partial charge in [-0.05, 0) is 31.5 Å². The Labute approximate surface area is 138 Å². The predicted octanol–water partition coefficient (Wildman–Crippen LogP) is 2.79. The number of thioether (sulfide) groups is 1. The van der Waals surface area contributed by atoms with Gasteiger partial charge in [-0.1, -0.05) is 17.3 Å². The van der Waals surface area contributed by atoms with Crippen molar-refractivity contribution in [1.29, 1.82) is 0 Å². The summed E-state index contributed by atoms with van der Waals surface area (Å²) in [5.41, 5.74) is 3.17. The molecule has 0 aliphatic heterocycles. The summed E-state index contributed by atoms with van der Waals surface area (Å²) >= 11 is 1.32. The number of aryl methyl sites for hydroxylation is 2. The van der Waals surface area contributed by atoms with Crippen LogP contribution in [0, 0.1) is 13.8 Å². The molecule has 2 aromatic rings. The van der Waals surface area contributed by atoms with E-state index in [9.17, 15) is 9.59 Å². The van der Waals surface area contributed by atoms with Gasteiger partial charge >= 0.3 is 5.97 Å². The summed E-state index contributed by atoms with van der Waals surface area (Å²) in [7, 11) is 0. The molecule has 0 aliphatic carbocycles. The van der Waals surface area contributed by atoms with Gasteiger partial charge in [0.05, 0.1) is 17.9 Å². The standard InChI is InChI=1S/C16H18N2O4S/c1-10-14(11(2)22-18-10)7-15(19)17-13-5-3-4-12(6-13)8-23-9-16(20)21/h3-6H,7-9H2,1-2H3,(H,17,19)(H,20,21). The van der Waals surface area contributed by atoms with Crippen molar-refractivity contribution in [2.75, 3.05) is 11.1 Å². The molecule has 6 nitrogen and oxygen atoms in total. The topological polar surface area (TPSA) is 92.4 Å². The summed E-state index contributed by atoms with van der Waals surface area (Å²) in [6.07, 6.45) is 0.207. The van der Waals surface area contributed by atoms with Crippen LogP contribution in [0.15, 0.2) is 28.8 Å². The molecule has 0 fully saturated rings. The van der Waals surface area contributed by atoms with E-state index in [0.29, 0.717) is 17.2 Å². The molecule has 23 heavy (non-hydrogen) atoms. The second-order valence-electron chi connectivity index (χ2n) is 5.11. The minimum absolute atomic E-state index is 0.0582. The van der Waals surface area contributed by atoms with E-state index < -0.39 is 5.97 Å². The van der Waals surface area contributed by atoms with Crippen LogP contribution >= 0.6 is 11.8 Å². The van der Waals surface area contributed by atoms with Crippen molar-refractivity contribution in [2.45, 2.75) is 26.0 Å². The van der Waals surface area contributed by atoms with E-state index in [4.69, 9.17) is 9.63 Å². The highest BCUT2D eigenvalue weighted by molar-refractivity contribution is 7.99. The van der Waals surface area contributed by atoms with Crippen LogP contribution in [0.5, 0.6) is 0 Å². The van der Waals surface area contributed by atoms with Crippen LogP contribution in [0.3, 0.4) is 0 Å². The van der Waals surface area contributed by atoms with Crippen molar-refractivity contribution < 1.29 is 19.2 Å². The predicted molar refractivity (Wildman–Crippen MR) is 88.6 cm³/mol. The van der Waals surface area contributed by atoms with E-state index in [1.807, 2.05) is 18.2 Å². The minimum Gasteiger partial charge on any atom is -0.481 e. The third-order valence-electron chi connectivity index (χ3n) is 3.22. The van der Waals surface area contributed by atoms with Crippen molar-refractivity contribution in [3.63, 3.8) is 0 Å². The Morgan fingerprint density at radius 1 is 1.35 bits per heavy atom. The molecular formula is C16H18N2O4S. The molecule has 7 heteroatoms. The molecule has 0 bridgehead atoms. The molecule has 1 heterocycles. The molecule has 2 N–H and O–H groups in total. The highest BCUT2D eigenvalue weighted by Gasteiger charge is 2.13. The molecule has 1 amide bonds. The molecule has 0 unspecified atom stereocenters. The van der Waals surface area contributed by atoms with E-state index in [0.717, 1.165) is 16.8 Å². The van der Waals surface area contributed by atoms with Crippen LogP contribution in [0.1, 0.15) is 22.6 Å². The van der Waals surface area contributed by atoms with Crippen LogP contribution in [0.25, 0.3) is 0 Å². The molecule has 0 saturated carbocycles. The van der Waals surface area contributed by atoms with E-state index in [-0.39, 0.29) is 18.1 Å². The fourth-order valence-corrected chi connectivity index (χ4v) is 2.81. The summed E-state index contributed by atoms with van der Waals surface area (Å²) in [6.45, 7) is 3.59. The number of aliphatic carboxylic acids is 1. The SMILES string of the molecule is Cc1noc(C)c1CC(=O)Nc1cccc(CSCC(=O)O)c1. The first-order valence-corrected chi connectivity index (χ1v) is 8.21. The number of anilines is 1. The van der Waals surface area contributed by atoms with Gasteiger partial charge in [-0.25, -0.2) is 0 Å². The Kier molecular flexibility index (Phi) is 5.81. The summed E-state index contributed by atoms with van der Waals surface area (Å²) in [6, 6.07) is 7.39. The normalized spacial score (nSPS) is 10.5. The van der Waals surface area contributed by atoms with Gasteiger partial charge < -0.3 is 14.9 Å². The van der Waals surface area contributed by atoms with Gasteiger partial charge in [0.1, 0.15) is 5.76 Å². The lowest BCUT2D eigenvalue weighted by atomic mass is 10.1. The Bertz CT molecular complexity index is 692. The van der Waals surface area contributed by atoms with Gasteiger partial charge in [0, 0.05) is 17.0 Å². The molecule has 2 rings (SSSR count). The summed E-state index contributed by atoms with van der Waals surface area (Å²) in [5, 5.41) is 15.3. The second kappa shape index (κ2) is 7.82. The average molecular weight is 334 g/mol. The molecule has 1 aromatic carbocycles. The Balaban J connectivity index is 1.94. The number of benzene rings is 1. The summed E-state index contributed by atoms with van der Waals surface area (Å²) in [5.74, 6) is 0.313. The minimum atomic E-state index is -0.834. The maximum absolute atomic E-state index is 12.1. The molecular weight excluding hydrogens is 316 g/mol. The maximum Gasteiger partial charge on any atom is 0.313 e. The molecule has 0 aliphatic rings. The highest BCUT2D eigenvalue weighted by Crippen LogP contribution is 2.18.